The summed E-state index contributed by atoms with van der Waals surface area (Å²) >= 11 is 0. The fraction of sp³-hybridized carbons (Fsp3) is 0.333. The van der Waals surface area contributed by atoms with Crippen LogP contribution >= 0.6 is 0 Å². The lowest BCUT2D eigenvalue weighted by Crippen LogP contribution is -2.45. The summed E-state index contributed by atoms with van der Waals surface area (Å²) in [5.74, 6) is 0.0336. The van der Waals surface area contributed by atoms with Gasteiger partial charge in [0.2, 0.25) is 11.8 Å². The molecule has 1 saturated heterocycles. The molecule has 1 heterocycles. The van der Waals surface area contributed by atoms with Crippen molar-refractivity contribution in [3.05, 3.63) is 48.0 Å². The fourth-order valence-electron chi connectivity index (χ4n) is 3.35. The van der Waals surface area contributed by atoms with Gasteiger partial charge in [-0.05, 0) is 68.3 Å². The van der Waals surface area contributed by atoms with E-state index >= 15 is 0 Å². The third-order valence-corrected chi connectivity index (χ3v) is 6.64. The molecule has 0 bridgehead atoms. The Hall–Kier alpha value is -3.07. The monoisotopic (exact) mass is 432 g/mol. The lowest BCUT2D eigenvalue weighted by Gasteiger charge is -2.24. The molecule has 1 atom stereocenters. The molecule has 9 heteroatoms. The molecule has 8 nitrogen and oxygen atoms in total. The Balaban J connectivity index is 1.83. The Bertz CT molecular complexity index is 1050. The van der Waals surface area contributed by atoms with E-state index in [-0.39, 0.29) is 17.7 Å². The van der Waals surface area contributed by atoms with Gasteiger partial charge in [0.15, 0.2) is 0 Å². The zero-order chi connectivity index (χ0) is 21.9. The fourth-order valence-corrected chi connectivity index (χ4v) is 5.04. The van der Waals surface area contributed by atoms with Gasteiger partial charge in [0, 0.05) is 12.1 Å². The molecule has 160 valence electrons. The molecule has 0 unspecified atom stereocenters. The molecule has 1 aliphatic rings. The second-order valence-electron chi connectivity index (χ2n) is 6.83. The SMILES string of the molecule is CCOc1ccc(NC(=O)[C@H]2CCC(=O)N2S(=O)(=O)c2ccc(OC)c(C)c2)cc1. The maximum absolute atomic E-state index is 13.1. The Kier molecular flexibility index (Phi) is 6.31. The van der Waals surface area contributed by atoms with Crippen molar-refractivity contribution in [2.75, 3.05) is 19.0 Å². The summed E-state index contributed by atoms with van der Waals surface area (Å²) < 4.78 is 37.5. The van der Waals surface area contributed by atoms with Crippen LogP contribution in [0.2, 0.25) is 0 Å². The normalized spacial score (nSPS) is 16.4. The molecule has 0 saturated carbocycles. The van der Waals surface area contributed by atoms with E-state index in [9.17, 15) is 18.0 Å². The molecule has 1 fully saturated rings. The number of carbonyl (C=O) groups excluding carboxylic acids is 2. The topological polar surface area (TPSA) is 102 Å². The van der Waals surface area contributed by atoms with Gasteiger partial charge in [-0.3, -0.25) is 9.59 Å². The number of anilines is 1. The molecule has 1 aliphatic heterocycles. The van der Waals surface area contributed by atoms with Crippen molar-refractivity contribution in [2.24, 2.45) is 0 Å². The standard InChI is InChI=1S/C21H24N2O6S/c1-4-29-16-7-5-15(6-8-16)22-21(25)18-10-12-20(24)23(18)30(26,27)17-9-11-19(28-3)14(2)13-17/h5-9,11,13,18H,4,10,12H2,1-3H3,(H,22,25)/t18-/m1/s1. The van der Waals surface area contributed by atoms with Crippen LogP contribution in [-0.2, 0) is 19.6 Å². The first kappa shape index (κ1) is 21.6. The van der Waals surface area contributed by atoms with Crippen molar-refractivity contribution in [1.82, 2.24) is 4.31 Å². The first-order chi connectivity index (χ1) is 14.3. The number of ether oxygens (including phenoxy) is 2. The van der Waals surface area contributed by atoms with Crippen molar-refractivity contribution in [1.29, 1.82) is 0 Å². The highest BCUT2D eigenvalue weighted by Crippen LogP contribution is 2.30. The summed E-state index contributed by atoms with van der Waals surface area (Å²) in [6, 6.07) is 9.93. The molecule has 0 aliphatic carbocycles. The van der Waals surface area contributed by atoms with Gasteiger partial charge >= 0.3 is 0 Å². The number of methoxy groups -OCH3 is 1. The lowest BCUT2D eigenvalue weighted by molar-refractivity contribution is -0.128. The summed E-state index contributed by atoms with van der Waals surface area (Å²) in [7, 11) is -2.70. The van der Waals surface area contributed by atoms with Gasteiger partial charge in [0.1, 0.15) is 17.5 Å². The van der Waals surface area contributed by atoms with E-state index in [1.807, 2.05) is 6.92 Å². The van der Waals surface area contributed by atoms with E-state index in [1.54, 1.807) is 31.2 Å². The average molecular weight is 432 g/mol. The Morgan fingerprint density at radius 1 is 1.20 bits per heavy atom. The minimum atomic E-state index is -4.19. The van der Waals surface area contributed by atoms with Crippen LogP contribution in [0.3, 0.4) is 0 Å². The lowest BCUT2D eigenvalue weighted by atomic mass is 10.2. The van der Waals surface area contributed by atoms with Crippen LogP contribution in [0, 0.1) is 6.92 Å². The smallest absolute Gasteiger partial charge is 0.267 e. The van der Waals surface area contributed by atoms with Gasteiger partial charge in [-0.2, -0.15) is 0 Å². The van der Waals surface area contributed by atoms with Gasteiger partial charge in [-0.1, -0.05) is 0 Å². The zero-order valence-electron chi connectivity index (χ0n) is 17.0. The molecule has 2 aromatic rings. The second-order valence-corrected chi connectivity index (χ2v) is 8.64. The first-order valence-corrected chi connectivity index (χ1v) is 11.0. The Labute approximate surface area is 175 Å². The van der Waals surface area contributed by atoms with Crippen molar-refractivity contribution >= 4 is 27.5 Å². The quantitative estimate of drug-likeness (QED) is 0.722. The van der Waals surface area contributed by atoms with Gasteiger partial charge in [0.05, 0.1) is 18.6 Å². The van der Waals surface area contributed by atoms with Crippen LogP contribution in [0.15, 0.2) is 47.4 Å². The average Bonchev–Trinajstić information content (AvgIpc) is 3.12. The van der Waals surface area contributed by atoms with Gasteiger partial charge in [-0.25, -0.2) is 12.7 Å². The summed E-state index contributed by atoms with van der Waals surface area (Å²) in [5.41, 5.74) is 1.10. The van der Waals surface area contributed by atoms with Crippen LogP contribution in [0.5, 0.6) is 11.5 Å². The predicted molar refractivity (Wildman–Crippen MR) is 111 cm³/mol. The third-order valence-electron chi connectivity index (χ3n) is 4.82. The number of carbonyl (C=O) groups is 2. The van der Waals surface area contributed by atoms with Gasteiger partial charge < -0.3 is 14.8 Å². The first-order valence-electron chi connectivity index (χ1n) is 9.53. The molecule has 1 N–H and O–H groups in total. The minimum Gasteiger partial charge on any atom is -0.496 e. The summed E-state index contributed by atoms with van der Waals surface area (Å²) in [4.78, 5) is 25.2. The number of hydrogen-bond acceptors (Lipinski definition) is 6. The number of nitrogens with one attached hydrogen (secondary N) is 1. The number of amides is 2. The minimum absolute atomic E-state index is 0.0181. The molecule has 2 aromatic carbocycles. The summed E-state index contributed by atoms with van der Waals surface area (Å²) in [5, 5.41) is 2.68. The van der Waals surface area contributed by atoms with E-state index in [0.717, 1.165) is 0 Å². The highest BCUT2D eigenvalue weighted by atomic mass is 32.2. The van der Waals surface area contributed by atoms with Crippen LogP contribution in [-0.4, -0.2) is 44.3 Å². The van der Waals surface area contributed by atoms with Crippen LogP contribution < -0.4 is 14.8 Å². The van der Waals surface area contributed by atoms with Gasteiger partial charge in [-0.15, -0.1) is 0 Å². The number of nitrogens with zero attached hydrogens (tertiary/aromatic N) is 1. The number of rotatable bonds is 7. The number of hydrogen-bond donors (Lipinski definition) is 1. The molecule has 2 amide bonds. The van der Waals surface area contributed by atoms with Crippen molar-refractivity contribution in [2.45, 2.75) is 37.6 Å². The highest BCUT2D eigenvalue weighted by Gasteiger charge is 2.44. The van der Waals surface area contributed by atoms with E-state index < -0.39 is 27.9 Å². The number of benzene rings is 2. The predicted octanol–water partition coefficient (Wildman–Crippen LogP) is 2.72. The Morgan fingerprint density at radius 3 is 2.50 bits per heavy atom. The zero-order valence-corrected chi connectivity index (χ0v) is 17.9. The van der Waals surface area contributed by atoms with Crippen molar-refractivity contribution in [3.8, 4) is 11.5 Å². The molecule has 0 radical (unpaired) electrons. The molecular formula is C21H24N2O6S. The van der Waals surface area contributed by atoms with Crippen molar-refractivity contribution < 1.29 is 27.5 Å². The molecule has 0 spiro atoms. The molecule has 30 heavy (non-hydrogen) atoms. The number of sulfonamides is 1. The second kappa shape index (κ2) is 8.74. The largest absolute Gasteiger partial charge is 0.496 e. The third kappa shape index (κ3) is 4.25. The van der Waals surface area contributed by atoms with Gasteiger partial charge in [0.25, 0.3) is 10.0 Å². The van der Waals surface area contributed by atoms with E-state index in [2.05, 4.69) is 5.32 Å². The van der Waals surface area contributed by atoms with Crippen LogP contribution in [0.4, 0.5) is 5.69 Å². The maximum atomic E-state index is 13.1. The highest BCUT2D eigenvalue weighted by molar-refractivity contribution is 7.89. The van der Waals surface area contributed by atoms with Crippen LogP contribution in [0.25, 0.3) is 0 Å². The summed E-state index contributed by atoms with van der Waals surface area (Å²) in [6.45, 7) is 4.10. The van der Waals surface area contributed by atoms with E-state index in [4.69, 9.17) is 9.47 Å². The molecule has 0 aromatic heterocycles. The van der Waals surface area contributed by atoms with Crippen LogP contribution in [0.1, 0.15) is 25.3 Å². The maximum Gasteiger partial charge on any atom is 0.267 e. The number of aryl methyl sites for hydroxylation is 1. The van der Waals surface area contributed by atoms with Crippen molar-refractivity contribution in [3.63, 3.8) is 0 Å². The Morgan fingerprint density at radius 2 is 1.90 bits per heavy atom. The van der Waals surface area contributed by atoms with E-state index in [0.29, 0.717) is 33.7 Å². The summed E-state index contributed by atoms with van der Waals surface area (Å²) in [6.07, 6.45) is 0.103. The molecule has 3 rings (SSSR count). The molecular weight excluding hydrogens is 408 g/mol. The van der Waals surface area contributed by atoms with E-state index in [1.165, 1.54) is 25.3 Å².